The molecule has 0 aliphatic heterocycles. The van der Waals surface area contributed by atoms with Crippen molar-refractivity contribution in [3.05, 3.63) is 60.2 Å². The van der Waals surface area contributed by atoms with Crippen LogP contribution in [-0.2, 0) is 14.3 Å². The standard InChI is InChI=1S/C23H27NO4/c1-16(2)15-24-23(27)17(3)28-22(26)14-13-21(25)20-11-9-19(10-12-20)18-7-5-4-6-8-18/h4-12,16-17H,13-15H2,1-3H3,(H,24,27)/t17-/m0/s1. The van der Waals surface area contributed by atoms with Gasteiger partial charge in [0.05, 0.1) is 6.42 Å². The third-order valence-corrected chi connectivity index (χ3v) is 4.23. The van der Waals surface area contributed by atoms with Gasteiger partial charge in [-0.05, 0) is 24.0 Å². The molecule has 5 nitrogen and oxygen atoms in total. The van der Waals surface area contributed by atoms with Gasteiger partial charge in [0.15, 0.2) is 11.9 Å². The fourth-order valence-corrected chi connectivity index (χ4v) is 2.60. The summed E-state index contributed by atoms with van der Waals surface area (Å²) in [7, 11) is 0. The summed E-state index contributed by atoms with van der Waals surface area (Å²) in [5.74, 6) is -0.697. The van der Waals surface area contributed by atoms with E-state index in [1.165, 1.54) is 6.92 Å². The molecule has 2 aromatic carbocycles. The van der Waals surface area contributed by atoms with E-state index in [9.17, 15) is 14.4 Å². The number of Topliss-reactive ketones (excluding diaryl/α,β-unsaturated/α-hetero) is 1. The predicted molar refractivity (Wildman–Crippen MR) is 109 cm³/mol. The molecule has 148 valence electrons. The van der Waals surface area contributed by atoms with Gasteiger partial charge in [-0.1, -0.05) is 68.4 Å². The number of hydrogen-bond donors (Lipinski definition) is 1. The summed E-state index contributed by atoms with van der Waals surface area (Å²) in [6.07, 6.45) is -0.878. The number of rotatable bonds is 9. The van der Waals surface area contributed by atoms with Gasteiger partial charge < -0.3 is 10.1 Å². The quantitative estimate of drug-likeness (QED) is 0.526. The highest BCUT2D eigenvalue weighted by Crippen LogP contribution is 2.20. The molecular formula is C23H27NO4. The summed E-state index contributed by atoms with van der Waals surface area (Å²) in [6, 6.07) is 17.2. The monoisotopic (exact) mass is 381 g/mol. The molecule has 1 N–H and O–H groups in total. The molecule has 2 rings (SSSR count). The molecular weight excluding hydrogens is 354 g/mol. The average Bonchev–Trinajstić information content (AvgIpc) is 2.70. The van der Waals surface area contributed by atoms with Crippen LogP contribution < -0.4 is 5.32 Å². The Morgan fingerprint density at radius 3 is 2.07 bits per heavy atom. The first kappa shape index (κ1) is 21.4. The number of carbonyl (C=O) groups excluding carboxylic acids is 3. The third kappa shape index (κ3) is 6.65. The number of amides is 1. The molecule has 0 radical (unpaired) electrons. The van der Waals surface area contributed by atoms with E-state index in [2.05, 4.69) is 5.32 Å². The zero-order chi connectivity index (χ0) is 20.5. The molecule has 0 aliphatic carbocycles. The fraction of sp³-hybridized carbons (Fsp3) is 0.348. The molecule has 5 heteroatoms. The van der Waals surface area contributed by atoms with Crippen LogP contribution in [0.15, 0.2) is 54.6 Å². The zero-order valence-electron chi connectivity index (χ0n) is 16.6. The van der Waals surface area contributed by atoms with Crippen molar-refractivity contribution in [3.8, 4) is 11.1 Å². The largest absolute Gasteiger partial charge is 0.453 e. The minimum Gasteiger partial charge on any atom is -0.453 e. The zero-order valence-corrected chi connectivity index (χ0v) is 16.6. The Morgan fingerprint density at radius 1 is 0.857 bits per heavy atom. The van der Waals surface area contributed by atoms with Gasteiger partial charge in [0.25, 0.3) is 5.91 Å². The van der Waals surface area contributed by atoms with E-state index in [-0.39, 0.29) is 24.5 Å². The number of ether oxygens (including phenoxy) is 1. The van der Waals surface area contributed by atoms with E-state index < -0.39 is 12.1 Å². The highest BCUT2D eigenvalue weighted by atomic mass is 16.5. The first-order valence-corrected chi connectivity index (χ1v) is 9.52. The summed E-state index contributed by atoms with van der Waals surface area (Å²) >= 11 is 0. The van der Waals surface area contributed by atoms with E-state index in [0.717, 1.165) is 11.1 Å². The summed E-state index contributed by atoms with van der Waals surface area (Å²) in [4.78, 5) is 36.1. The van der Waals surface area contributed by atoms with Gasteiger partial charge in [-0.25, -0.2) is 0 Å². The lowest BCUT2D eigenvalue weighted by Gasteiger charge is -2.14. The van der Waals surface area contributed by atoms with Crippen molar-refractivity contribution in [3.63, 3.8) is 0 Å². The molecule has 1 atom stereocenters. The molecule has 0 spiro atoms. The van der Waals surface area contributed by atoms with Crippen LogP contribution in [0.4, 0.5) is 0 Å². The predicted octanol–water partition coefficient (Wildman–Crippen LogP) is 4.02. The lowest BCUT2D eigenvalue weighted by Crippen LogP contribution is -2.37. The number of esters is 1. The van der Waals surface area contributed by atoms with Crippen LogP contribution in [0.5, 0.6) is 0 Å². The van der Waals surface area contributed by atoms with Crippen molar-refractivity contribution in [1.82, 2.24) is 5.32 Å². The summed E-state index contributed by atoms with van der Waals surface area (Å²) in [5.41, 5.74) is 2.66. The van der Waals surface area contributed by atoms with Gasteiger partial charge in [-0.2, -0.15) is 0 Å². The SMILES string of the molecule is CC(C)CNC(=O)[C@H](C)OC(=O)CCC(=O)c1ccc(-c2ccccc2)cc1. The molecule has 0 aromatic heterocycles. The smallest absolute Gasteiger partial charge is 0.307 e. The number of hydrogen-bond acceptors (Lipinski definition) is 4. The minimum absolute atomic E-state index is 0.0455. The fourth-order valence-electron chi connectivity index (χ4n) is 2.60. The maximum Gasteiger partial charge on any atom is 0.307 e. The molecule has 2 aromatic rings. The average molecular weight is 381 g/mol. The molecule has 0 fully saturated rings. The molecule has 0 heterocycles. The molecule has 0 saturated heterocycles. The second-order valence-electron chi connectivity index (χ2n) is 7.14. The van der Waals surface area contributed by atoms with Gasteiger partial charge in [0.1, 0.15) is 0 Å². The summed E-state index contributed by atoms with van der Waals surface area (Å²) < 4.78 is 5.10. The Hall–Kier alpha value is -2.95. The van der Waals surface area contributed by atoms with Gasteiger partial charge in [-0.3, -0.25) is 14.4 Å². The first-order chi connectivity index (χ1) is 13.4. The molecule has 28 heavy (non-hydrogen) atoms. The summed E-state index contributed by atoms with van der Waals surface area (Å²) in [5, 5.41) is 2.71. The van der Waals surface area contributed by atoms with Crippen LogP contribution in [-0.4, -0.2) is 30.3 Å². The van der Waals surface area contributed by atoms with Crippen molar-refractivity contribution in [2.45, 2.75) is 39.7 Å². The van der Waals surface area contributed by atoms with Crippen molar-refractivity contribution >= 4 is 17.7 Å². The Bertz CT molecular complexity index is 797. The van der Waals surface area contributed by atoms with Crippen molar-refractivity contribution in [2.75, 3.05) is 6.54 Å². The van der Waals surface area contributed by atoms with E-state index in [1.807, 2.05) is 56.3 Å². The van der Waals surface area contributed by atoms with E-state index in [4.69, 9.17) is 4.74 Å². The van der Waals surface area contributed by atoms with Gasteiger partial charge in [-0.15, -0.1) is 0 Å². The van der Waals surface area contributed by atoms with Gasteiger partial charge in [0.2, 0.25) is 0 Å². The highest BCUT2D eigenvalue weighted by molar-refractivity contribution is 5.98. The van der Waals surface area contributed by atoms with Crippen molar-refractivity contribution in [2.24, 2.45) is 5.92 Å². The Morgan fingerprint density at radius 2 is 1.46 bits per heavy atom. The Balaban J connectivity index is 1.81. The van der Waals surface area contributed by atoms with Crippen LogP contribution in [0.1, 0.15) is 44.0 Å². The lowest BCUT2D eigenvalue weighted by molar-refractivity contribution is -0.154. The Labute approximate surface area is 166 Å². The van der Waals surface area contributed by atoms with Crippen molar-refractivity contribution in [1.29, 1.82) is 0 Å². The summed E-state index contributed by atoms with van der Waals surface area (Å²) in [6.45, 7) is 6.01. The van der Waals surface area contributed by atoms with E-state index in [0.29, 0.717) is 18.0 Å². The lowest BCUT2D eigenvalue weighted by atomic mass is 10.0. The topological polar surface area (TPSA) is 72.5 Å². The van der Waals surface area contributed by atoms with Crippen LogP contribution in [0.2, 0.25) is 0 Å². The van der Waals surface area contributed by atoms with Crippen LogP contribution >= 0.6 is 0 Å². The van der Waals surface area contributed by atoms with E-state index in [1.54, 1.807) is 12.1 Å². The second kappa shape index (κ2) is 10.4. The second-order valence-corrected chi connectivity index (χ2v) is 7.14. The number of ketones is 1. The molecule has 1 amide bonds. The van der Waals surface area contributed by atoms with E-state index >= 15 is 0 Å². The molecule has 0 saturated carbocycles. The normalized spacial score (nSPS) is 11.7. The first-order valence-electron chi connectivity index (χ1n) is 9.52. The van der Waals surface area contributed by atoms with Crippen molar-refractivity contribution < 1.29 is 19.1 Å². The van der Waals surface area contributed by atoms with Gasteiger partial charge in [0, 0.05) is 18.5 Å². The minimum atomic E-state index is -0.869. The number of carbonyl (C=O) groups is 3. The Kier molecular flexibility index (Phi) is 7.93. The third-order valence-electron chi connectivity index (χ3n) is 4.23. The number of nitrogens with one attached hydrogen (secondary N) is 1. The maximum atomic E-state index is 12.3. The van der Waals surface area contributed by atoms with Crippen LogP contribution in [0.25, 0.3) is 11.1 Å². The van der Waals surface area contributed by atoms with Gasteiger partial charge >= 0.3 is 5.97 Å². The number of benzene rings is 2. The maximum absolute atomic E-state index is 12.3. The molecule has 0 unspecified atom stereocenters. The molecule has 0 aliphatic rings. The van der Waals surface area contributed by atoms with Crippen LogP contribution in [0, 0.1) is 5.92 Å². The highest BCUT2D eigenvalue weighted by Gasteiger charge is 2.18. The molecule has 0 bridgehead atoms. The van der Waals surface area contributed by atoms with Crippen LogP contribution in [0.3, 0.4) is 0 Å².